The maximum Gasteiger partial charge on any atom is 0.247 e. The first-order valence-corrected chi connectivity index (χ1v) is 9.23. The van der Waals surface area contributed by atoms with Crippen molar-refractivity contribution in [2.75, 3.05) is 6.54 Å². The number of nitrogens with zero attached hydrogens (tertiary/aromatic N) is 2. The number of nitrogens with one attached hydrogen (secondary N) is 1. The summed E-state index contributed by atoms with van der Waals surface area (Å²) in [5.41, 5.74) is -0.154. The highest BCUT2D eigenvalue weighted by molar-refractivity contribution is 7.70. The van der Waals surface area contributed by atoms with Crippen molar-refractivity contribution in [1.82, 2.24) is 14.7 Å². The maximum atomic E-state index is 14.3. The zero-order chi connectivity index (χ0) is 19.6. The van der Waals surface area contributed by atoms with Crippen LogP contribution in [0.15, 0.2) is 29.0 Å². The van der Waals surface area contributed by atoms with Crippen LogP contribution in [0.4, 0.5) is 8.78 Å². The number of oxazole rings is 1. The van der Waals surface area contributed by atoms with Crippen LogP contribution in [0.25, 0.3) is 11.2 Å². The molecule has 0 spiro atoms. The molecule has 0 saturated carbocycles. The molecule has 1 aromatic carbocycles. The molecule has 0 aliphatic rings. The van der Waals surface area contributed by atoms with Crippen molar-refractivity contribution in [3.8, 4) is 0 Å². The SMILES string of the molecule is O=C(c1ccc2ncoc2n1)c1c(F)c(F)cc(CCCN[SH](=O)=O)c1Cl. The number of fused-ring (bicyclic) bond motifs is 1. The number of carbonyl (C=O) groups excluding carboxylic acids is 1. The molecule has 0 bridgehead atoms. The summed E-state index contributed by atoms with van der Waals surface area (Å²) in [6.07, 6.45) is 1.56. The van der Waals surface area contributed by atoms with Crippen LogP contribution < -0.4 is 4.72 Å². The van der Waals surface area contributed by atoms with E-state index in [-0.39, 0.29) is 41.4 Å². The van der Waals surface area contributed by atoms with Gasteiger partial charge in [0, 0.05) is 6.54 Å². The first-order chi connectivity index (χ1) is 12.9. The number of aromatic nitrogens is 2. The van der Waals surface area contributed by atoms with Crippen molar-refractivity contribution < 1.29 is 26.4 Å². The number of hydrogen-bond donors (Lipinski definition) is 2. The lowest BCUT2D eigenvalue weighted by atomic mass is 10.0. The molecule has 0 unspecified atom stereocenters. The van der Waals surface area contributed by atoms with E-state index in [4.69, 9.17) is 16.0 Å². The zero-order valence-electron chi connectivity index (χ0n) is 13.5. The van der Waals surface area contributed by atoms with Gasteiger partial charge in [-0.05, 0) is 36.6 Å². The Balaban J connectivity index is 1.94. The highest BCUT2D eigenvalue weighted by Gasteiger charge is 2.25. The number of thiol groups is 1. The summed E-state index contributed by atoms with van der Waals surface area (Å²) in [7, 11) is -2.75. The molecular weight excluding hydrogens is 404 g/mol. The summed E-state index contributed by atoms with van der Waals surface area (Å²) >= 11 is 6.14. The molecule has 3 rings (SSSR count). The van der Waals surface area contributed by atoms with Gasteiger partial charge in [0.15, 0.2) is 18.0 Å². The molecule has 0 saturated heterocycles. The van der Waals surface area contributed by atoms with Crippen LogP contribution in [0.1, 0.15) is 28.0 Å². The number of pyridine rings is 1. The van der Waals surface area contributed by atoms with Crippen molar-refractivity contribution in [2.24, 2.45) is 0 Å². The van der Waals surface area contributed by atoms with Crippen molar-refractivity contribution in [2.45, 2.75) is 12.8 Å². The Morgan fingerprint density at radius 3 is 2.81 bits per heavy atom. The average molecular weight is 416 g/mol. The minimum absolute atomic E-state index is 0.0757. The highest BCUT2D eigenvalue weighted by atomic mass is 35.5. The first kappa shape index (κ1) is 19.3. The van der Waals surface area contributed by atoms with E-state index in [2.05, 4.69) is 14.7 Å². The lowest BCUT2D eigenvalue weighted by Gasteiger charge is -2.11. The number of ketones is 1. The van der Waals surface area contributed by atoms with E-state index in [9.17, 15) is 22.0 Å². The zero-order valence-corrected chi connectivity index (χ0v) is 15.2. The number of rotatable bonds is 7. The quantitative estimate of drug-likeness (QED) is 0.266. The lowest BCUT2D eigenvalue weighted by Crippen LogP contribution is -2.14. The molecule has 0 aliphatic heterocycles. The molecule has 3 aromatic rings. The fourth-order valence-electron chi connectivity index (χ4n) is 2.49. The predicted octanol–water partition coefficient (Wildman–Crippen LogP) is 2.43. The lowest BCUT2D eigenvalue weighted by molar-refractivity contribution is 0.102. The summed E-state index contributed by atoms with van der Waals surface area (Å²) in [6.45, 7) is 0.0982. The van der Waals surface area contributed by atoms with Gasteiger partial charge in [-0.2, -0.15) is 0 Å². The van der Waals surface area contributed by atoms with Gasteiger partial charge in [0.1, 0.15) is 11.2 Å². The van der Waals surface area contributed by atoms with Crippen LogP contribution in [0, 0.1) is 11.6 Å². The van der Waals surface area contributed by atoms with E-state index in [0.717, 1.165) is 12.5 Å². The van der Waals surface area contributed by atoms with Gasteiger partial charge in [-0.15, -0.1) is 0 Å². The molecular formula is C16H12ClF2N3O4S. The van der Waals surface area contributed by atoms with Gasteiger partial charge < -0.3 is 4.42 Å². The molecule has 27 heavy (non-hydrogen) atoms. The highest BCUT2D eigenvalue weighted by Crippen LogP contribution is 2.29. The number of carbonyl (C=O) groups is 1. The minimum atomic E-state index is -2.75. The second-order valence-corrected chi connectivity index (χ2v) is 6.70. The Hall–Kier alpha value is -2.43. The molecule has 1 N–H and O–H groups in total. The predicted molar refractivity (Wildman–Crippen MR) is 93.2 cm³/mol. The number of halogens is 3. The smallest absolute Gasteiger partial charge is 0.247 e. The second kappa shape index (κ2) is 8.07. The van der Waals surface area contributed by atoms with Crippen molar-refractivity contribution in [3.63, 3.8) is 0 Å². The Labute approximate surface area is 158 Å². The third-order valence-electron chi connectivity index (χ3n) is 3.75. The summed E-state index contributed by atoms with van der Waals surface area (Å²) in [4.78, 5) is 20.5. The van der Waals surface area contributed by atoms with Crippen LogP contribution in [0.5, 0.6) is 0 Å². The van der Waals surface area contributed by atoms with Crippen molar-refractivity contribution in [3.05, 3.63) is 58.1 Å². The van der Waals surface area contributed by atoms with Crippen LogP contribution in [0.3, 0.4) is 0 Å². The average Bonchev–Trinajstić information content (AvgIpc) is 3.10. The monoisotopic (exact) mass is 415 g/mol. The number of aryl methyl sites for hydroxylation is 1. The molecule has 0 fully saturated rings. The summed E-state index contributed by atoms with van der Waals surface area (Å²) in [6, 6.07) is 3.65. The topological polar surface area (TPSA) is 102 Å². The number of benzene rings is 1. The molecule has 0 amide bonds. The van der Waals surface area contributed by atoms with Gasteiger partial charge in [0.25, 0.3) is 0 Å². The summed E-state index contributed by atoms with van der Waals surface area (Å²) < 4.78 is 56.4. The Morgan fingerprint density at radius 2 is 2.07 bits per heavy atom. The van der Waals surface area contributed by atoms with E-state index in [1.54, 1.807) is 0 Å². The van der Waals surface area contributed by atoms with E-state index < -0.39 is 33.9 Å². The molecule has 11 heteroatoms. The number of hydrogen-bond acceptors (Lipinski definition) is 6. The van der Waals surface area contributed by atoms with Crippen molar-refractivity contribution in [1.29, 1.82) is 0 Å². The van der Waals surface area contributed by atoms with E-state index in [1.807, 2.05) is 0 Å². The van der Waals surface area contributed by atoms with E-state index in [1.165, 1.54) is 12.1 Å². The largest absolute Gasteiger partial charge is 0.425 e. The second-order valence-electron chi connectivity index (χ2n) is 5.49. The molecule has 7 nitrogen and oxygen atoms in total. The third kappa shape index (κ3) is 4.12. The maximum absolute atomic E-state index is 14.3. The molecule has 0 atom stereocenters. The van der Waals surface area contributed by atoms with Gasteiger partial charge in [-0.1, -0.05) is 11.6 Å². The summed E-state index contributed by atoms with van der Waals surface area (Å²) in [5.74, 6) is -3.52. The molecule has 2 heterocycles. The Kier molecular flexibility index (Phi) is 5.78. The fraction of sp³-hybridized carbons (Fsp3) is 0.188. The van der Waals surface area contributed by atoms with Gasteiger partial charge in [0.05, 0.1) is 10.6 Å². The normalized spacial score (nSPS) is 11.4. The van der Waals surface area contributed by atoms with Crippen molar-refractivity contribution >= 4 is 39.5 Å². The molecule has 0 aliphatic carbocycles. The Morgan fingerprint density at radius 1 is 1.30 bits per heavy atom. The van der Waals surface area contributed by atoms with Gasteiger partial charge in [-0.25, -0.2) is 31.9 Å². The van der Waals surface area contributed by atoms with Crippen LogP contribution >= 0.6 is 11.6 Å². The molecule has 2 aromatic heterocycles. The van der Waals surface area contributed by atoms with E-state index >= 15 is 0 Å². The fourth-order valence-corrected chi connectivity index (χ4v) is 3.15. The summed E-state index contributed by atoms with van der Waals surface area (Å²) in [5, 5.41) is -0.245. The van der Waals surface area contributed by atoms with Crippen LogP contribution in [-0.4, -0.2) is 30.7 Å². The third-order valence-corrected chi connectivity index (χ3v) is 4.66. The van der Waals surface area contributed by atoms with Crippen LogP contribution in [0.2, 0.25) is 5.02 Å². The van der Waals surface area contributed by atoms with Gasteiger partial charge >= 0.3 is 0 Å². The Bertz CT molecular complexity index is 1090. The van der Waals surface area contributed by atoms with Gasteiger partial charge in [0.2, 0.25) is 22.4 Å². The minimum Gasteiger partial charge on any atom is -0.425 e. The molecule has 0 radical (unpaired) electrons. The van der Waals surface area contributed by atoms with E-state index in [0.29, 0.717) is 5.52 Å². The van der Waals surface area contributed by atoms with Crippen LogP contribution in [-0.2, 0) is 17.3 Å². The first-order valence-electron chi connectivity index (χ1n) is 7.67. The van der Waals surface area contributed by atoms with Gasteiger partial charge in [-0.3, -0.25) is 4.79 Å². The standard InChI is InChI=1S/C16H12ClF2N3O4S/c17-13-8(2-1-5-21-27(24)25)6-9(18)14(19)12(13)15(23)10-3-4-11-16(22-10)26-7-20-11/h3-4,6-7,27H,1-2,5H2,(H,21,24,25). The molecule has 142 valence electrons.